The predicted molar refractivity (Wildman–Crippen MR) is 75.8 cm³/mol. The second kappa shape index (κ2) is 4.83. The summed E-state index contributed by atoms with van der Waals surface area (Å²) in [5, 5.41) is 0. The number of hydrogen-bond acceptors (Lipinski definition) is 2. The van der Waals surface area contributed by atoms with E-state index < -0.39 is 10.00 Å². The molecule has 0 atom stereocenters. The van der Waals surface area contributed by atoms with Gasteiger partial charge in [-0.05, 0) is 23.3 Å². The third kappa shape index (κ3) is 2.72. The van der Waals surface area contributed by atoms with Gasteiger partial charge in [0.25, 0.3) is 0 Å². The largest absolute Gasteiger partial charge is 0.307 e. The summed E-state index contributed by atoms with van der Waals surface area (Å²) >= 11 is 12.2. The summed E-state index contributed by atoms with van der Waals surface area (Å²) in [5.41, 5.74) is 12.3. The molecule has 17 heavy (non-hydrogen) atoms. The van der Waals surface area contributed by atoms with Crippen LogP contribution in [0.25, 0.3) is 5.57 Å². The average Bonchev–Trinajstić information content (AvgIpc) is 2.23. The minimum absolute atomic E-state index is 0. The molecular formula is C13H16Cl2N2. The van der Waals surface area contributed by atoms with Gasteiger partial charge in [-0.3, -0.25) is 0 Å². The molecule has 92 valence electrons. The molecule has 0 unspecified atom stereocenters. The molecular weight excluding hydrogens is 255 g/mol. The Kier molecular flexibility index (Phi) is 4.05. The predicted octanol–water partition coefficient (Wildman–Crippen LogP) is 3.06. The number of nitrogens with two attached hydrogens (primary N) is 2. The Labute approximate surface area is 112 Å². The Morgan fingerprint density at radius 2 is 1.59 bits per heavy atom. The highest BCUT2D eigenvalue weighted by Gasteiger charge is 2.42. The first-order valence-corrected chi connectivity index (χ1v) is 5.61. The summed E-state index contributed by atoms with van der Waals surface area (Å²) in [6.45, 7) is 0. The molecule has 0 saturated heterocycles. The van der Waals surface area contributed by atoms with E-state index in [-0.39, 0.29) is 7.43 Å². The van der Waals surface area contributed by atoms with Crippen molar-refractivity contribution in [2.24, 2.45) is 11.5 Å². The van der Waals surface area contributed by atoms with Gasteiger partial charge in [-0.25, -0.2) is 0 Å². The van der Waals surface area contributed by atoms with Crippen LogP contribution in [0.4, 0.5) is 0 Å². The first-order valence-electron chi connectivity index (χ1n) is 4.85. The van der Waals surface area contributed by atoms with Crippen LogP contribution in [0, 0.1) is 0 Å². The molecule has 0 bridgehead atoms. The molecule has 4 N–H and O–H groups in total. The lowest BCUT2D eigenvalue weighted by Gasteiger charge is -2.35. The van der Waals surface area contributed by atoms with E-state index in [1.165, 1.54) is 0 Å². The summed E-state index contributed by atoms with van der Waals surface area (Å²) in [6, 6.07) is 9.78. The minimum Gasteiger partial charge on any atom is -0.307 e. The zero-order chi connectivity index (χ0) is 11.8. The van der Waals surface area contributed by atoms with E-state index in [2.05, 4.69) is 0 Å². The molecule has 0 aliphatic heterocycles. The Morgan fingerprint density at radius 1 is 1.00 bits per heavy atom. The van der Waals surface area contributed by atoms with Crippen molar-refractivity contribution >= 4 is 28.8 Å². The van der Waals surface area contributed by atoms with Gasteiger partial charge in [-0.1, -0.05) is 67.0 Å². The number of halogens is 2. The summed E-state index contributed by atoms with van der Waals surface area (Å²) in [4.78, 5) is 0. The minimum atomic E-state index is -1.30. The molecule has 0 fully saturated rings. The molecule has 1 aliphatic rings. The number of allylic oxidation sites excluding steroid dienone is 2. The van der Waals surface area contributed by atoms with Crippen molar-refractivity contribution in [2.75, 3.05) is 0 Å². The summed E-state index contributed by atoms with van der Waals surface area (Å²) in [6.07, 6.45) is 5.12. The molecule has 0 radical (unpaired) electrons. The van der Waals surface area contributed by atoms with E-state index in [0.29, 0.717) is 0 Å². The van der Waals surface area contributed by atoms with E-state index in [1.54, 1.807) is 12.2 Å². The first kappa shape index (κ1) is 14.3. The second-order valence-electron chi connectivity index (χ2n) is 3.86. The highest BCUT2D eigenvalue weighted by Crippen LogP contribution is 2.38. The molecule has 1 aromatic carbocycles. The SMILES string of the molecule is C.NC1(N)C=CC(c2ccccc2)=CC1(Cl)Cl. The van der Waals surface area contributed by atoms with Crippen LogP contribution in [0.3, 0.4) is 0 Å². The molecule has 0 spiro atoms. The van der Waals surface area contributed by atoms with Crippen LogP contribution in [0.2, 0.25) is 0 Å². The zero-order valence-corrected chi connectivity index (χ0v) is 10.0. The van der Waals surface area contributed by atoms with Gasteiger partial charge in [-0.15, -0.1) is 0 Å². The van der Waals surface area contributed by atoms with Crippen molar-refractivity contribution in [1.29, 1.82) is 0 Å². The van der Waals surface area contributed by atoms with Crippen molar-refractivity contribution in [3.05, 3.63) is 54.1 Å². The fourth-order valence-electron chi connectivity index (χ4n) is 1.52. The van der Waals surface area contributed by atoms with Crippen molar-refractivity contribution in [3.8, 4) is 0 Å². The first-order chi connectivity index (χ1) is 7.42. The van der Waals surface area contributed by atoms with Crippen molar-refractivity contribution < 1.29 is 0 Å². The van der Waals surface area contributed by atoms with Gasteiger partial charge in [0, 0.05) is 0 Å². The lowest BCUT2D eigenvalue weighted by atomic mass is 9.93. The van der Waals surface area contributed by atoms with Crippen LogP contribution in [-0.4, -0.2) is 10.00 Å². The molecule has 0 heterocycles. The maximum Gasteiger partial charge on any atom is 0.171 e. The van der Waals surface area contributed by atoms with Gasteiger partial charge in [-0.2, -0.15) is 0 Å². The summed E-state index contributed by atoms with van der Waals surface area (Å²) in [7, 11) is 0. The summed E-state index contributed by atoms with van der Waals surface area (Å²) < 4.78 is -1.30. The van der Waals surface area contributed by atoms with Gasteiger partial charge in [0.05, 0.1) is 0 Å². The number of benzene rings is 1. The van der Waals surface area contributed by atoms with E-state index in [0.717, 1.165) is 11.1 Å². The van der Waals surface area contributed by atoms with Crippen LogP contribution < -0.4 is 11.5 Å². The quantitative estimate of drug-likeness (QED) is 0.609. The third-order valence-corrected chi connectivity index (χ3v) is 3.43. The topological polar surface area (TPSA) is 52.0 Å². The molecule has 4 heteroatoms. The molecule has 0 amide bonds. The molecule has 0 aromatic heterocycles. The average molecular weight is 271 g/mol. The van der Waals surface area contributed by atoms with Crippen molar-refractivity contribution in [3.63, 3.8) is 0 Å². The molecule has 1 aromatic rings. The fraction of sp³-hybridized carbons (Fsp3) is 0.231. The smallest absolute Gasteiger partial charge is 0.171 e. The van der Waals surface area contributed by atoms with Gasteiger partial charge >= 0.3 is 0 Å². The maximum absolute atomic E-state index is 6.10. The van der Waals surface area contributed by atoms with Crippen molar-refractivity contribution in [2.45, 2.75) is 17.4 Å². The monoisotopic (exact) mass is 270 g/mol. The Bertz CT molecular complexity index is 448. The molecule has 0 saturated carbocycles. The fourth-order valence-corrected chi connectivity index (χ4v) is 1.88. The Balaban J connectivity index is 0.00000144. The van der Waals surface area contributed by atoms with E-state index >= 15 is 0 Å². The second-order valence-corrected chi connectivity index (χ2v) is 5.24. The van der Waals surface area contributed by atoms with Crippen LogP contribution in [0.5, 0.6) is 0 Å². The Morgan fingerprint density at radius 3 is 2.12 bits per heavy atom. The van der Waals surface area contributed by atoms with E-state index in [9.17, 15) is 0 Å². The highest BCUT2D eigenvalue weighted by atomic mass is 35.5. The van der Waals surface area contributed by atoms with Gasteiger partial charge in [0.15, 0.2) is 4.33 Å². The van der Waals surface area contributed by atoms with Gasteiger partial charge < -0.3 is 11.5 Å². The lowest BCUT2D eigenvalue weighted by Crippen LogP contribution is -2.60. The summed E-state index contributed by atoms with van der Waals surface area (Å²) in [5.74, 6) is 0. The van der Waals surface area contributed by atoms with Crippen LogP contribution in [0.15, 0.2) is 48.6 Å². The zero-order valence-electron chi connectivity index (χ0n) is 8.53. The van der Waals surface area contributed by atoms with Gasteiger partial charge in [0.2, 0.25) is 0 Å². The van der Waals surface area contributed by atoms with Crippen molar-refractivity contribution in [1.82, 2.24) is 0 Å². The number of alkyl halides is 2. The number of rotatable bonds is 1. The maximum atomic E-state index is 6.10. The molecule has 2 rings (SSSR count). The highest BCUT2D eigenvalue weighted by molar-refractivity contribution is 6.51. The van der Waals surface area contributed by atoms with E-state index in [1.807, 2.05) is 36.4 Å². The van der Waals surface area contributed by atoms with Gasteiger partial charge in [0.1, 0.15) is 5.66 Å². The molecule has 2 nitrogen and oxygen atoms in total. The third-order valence-electron chi connectivity index (χ3n) is 2.56. The molecule has 1 aliphatic carbocycles. The standard InChI is InChI=1S/C12H12Cl2N2.CH4/c13-11(14)8-10(6-7-12(11,15)16)9-4-2-1-3-5-9;/h1-8H,15-16H2;1H4. The Hall–Kier alpha value is -0.800. The van der Waals surface area contributed by atoms with E-state index in [4.69, 9.17) is 34.7 Å². The van der Waals surface area contributed by atoms with Crippen LogP contribution in [-0.2, 0) is 0 Å². The normalized spacial score (nSPS) is 20.4. The lowest BCUT2D eigenvalue weighted by molar-refractivity contribution is 0.531. The van der Waals surface area contributed by atoms with Crippen LogP contribution >= 0.6 is 23.2 Å². The van der Waals surface area contributed by atoms with Crippen LogP contribution in [0.1, 0.15) is 13.0 Å². The number of hydrogen-bond donors (Lipinski definition) is 2.